The topological polar surface area (TPSA) is 58.2 Å². The zero-order chi connectivity index (χ0) is 24.1. The number of carbonyl (C=O) groups is 1. The number of aromatic nitrogens is 2. The Bertz CT molecular complexity index is 1660. The molecule has 1 N–H and O–H groups in total. The fourth-order valence-electron chi connectivity index (χ4n) is 4.58. The van der Waals surface area contributed by atoms with Crippen LogP contribution >= 0.6 is 0 Å². The Hall–Kier alpha value is -4.33. The van der Waals surface area contributed by atoms with Gasteiger partial charge < -0.3 is 14.6 Å². The number of cyclic esters (lactones) is 1. The summed E-state index contributed by atoms with van der Waals surface area (Å²) >= 11 is 0. The summed E-state index contributed by atoms with van der Waals surface area (Å²) in [6.07, 6.45) is -1.41. The number of ether oxygens (including phenoxy) is 1. The first-order valence-electron chi connectivity index (χ1n) is 11.0. The van der Waals surface area contributed by atoms with E-state index in [0.717, 1.165) is 27.2 Å². The second-order valence-electron chi connectivity index (χ2n) is 8.37. The molecule has 0 amide bonds. The van der Waals surface area contributed by atoms with Gasteiger partial charge >= 0.3 is 5.97 Å². The lowest BCUT2D eigenvalue weighted by Crippen LogP contribution is -2.29. The average molecular weight is 473 g/mol. The molecule has 1 aliphatic rings. The van der Waals surface area contributed by atoms with Gasteiger partial charge in [-0.3, -0.25) is 0 Å². The summed E-state index contributed by atoms with van der Waals surface area (Å²) in [5.41, 5.74) is 3.73. The number of nitrogens with one attached hydrogen (secondary N) is 1. The number of fused-ring (bicyclic) bond motifs is 3. The Morgan fingerprint density at radius 2 is 1.77 bits per heavy atom. The quantitative estimate of drug-likeness (QED) is 0.244. The number of para-hydroxylation sites is 1. The summed E-state index contributed by atoms with van der Waals surface area (Å²) in [4.78, 5) is 21.0. The van der Waals surface area contributed by atoms with E-state index in [1.165, 1.54) is 23.1 Å². The standard InChI is InChI=1S/C27H18F3N3O2/c28-18-8-7-16-9-15-5-6-17(10-22(15)31-23(16)11-18)26-20-3-1-2-4-21(20)32-27(26)33(13-24(29)30)19-12-25(34)35-14-19/h1-12,24,32H,13-14H2. The fraction of sp³-hybridized carbons (Fsp3) is 0.111. The van der Waals surface area contributed by atoms with Gasteiger partial charge in [-0.15, -0.1) is 0 Å². The third-order valence-corrected chi connectivity index (χ3v) is 6.13. The number of anilines is 1. The minimum absolute atomic E-state index is 0.0861. The molecule has 0 unspecified atom stereocenters. The lowest BCUT2D eigenvalue weighted by atomic mass is 10.0. The number of H-pyrrole nitrogens is 1. The number of carbonyl (C=O) groups excluding carboxylic acids is 1. The number of nitrogens with zero attached hydrogens (tertiary/aromatic N) is 2. The molecule has 3 heterocycles. The van der Waals surface area contributed by atoms with Gasteiger partial charge in [0.1, 0.15) is 18.2 Å². The number of pyridine rings is 1. The first-order valence-corrected chi connectivity index (χ1v) is 11.0. The molecule has 5 nitrogen and oxygen atoms in total. The Balaban J connectivity index is 1.58. The number of halogens is 3. The third-order valence-electron chi connectivity index (χ3n) is 6.13. The summed E-state index contributed by atoms with van der Waals surface area (Å²) in [7, 11) is 0. The molecular weight excluding hydrogens is 455 g/mol. The highest BCUT2D eigenvalue weighted by atomic mass is 19.3. The molecular formula is C27H18F3N3O2. The van der Waals surface area contributed by atoms with Crippen LogP contribution in [-0.4, -0.2) is 35.5 Å². The number of hydrogen-bond donors (Lipinski definition) is 1. The van der Waals surface area contributed by atoms with Gasteiger partial charge in [-0.1, -0.05) is 30.3 Å². The van der Waals surface area contributed by atoms with Gasteiger partial charge in [0.05, 0.1) is 23.3 Å². The van der Waals surface area contributed by atoms with Crippen molar-refractivity contribution in [1.82, 2.24) is 9.97 Å². The van der Waals surface area contributed by atoms with Crippen LogP contribution in [-0.2, 0) is 9.53 Å². The smallest absolute Gasteiger partial charge is 0.333 e. The number of hydrogen-bond acceptors (Lipinski definition) is 4. The van der Waals surface area contributed by atoms with Crippen molar-refractivity contribution in [3.05, 3.63) is 84.3 Å². The van der Waals surface area contributed by atoms with Crippen molar-refractivity contribution in [2.75, 3.05) is 18.1 Å². The van der Waals surface area contributed by atoms with E-state index in [1.54, 1.807) is 6.07 Å². The second-order valence-corrected chi connectivity index (χ2v) is 8.37. The SMILES string of the molecule is O=C1C=C(N(CC(F)F)c2[nH]c3ccccc3c2-c2ccc3cc4ccc(F)cc4nc3c2)CO1. The molecule has 0 spiro atoms. The van der Waals surface area contributed by atoms with Gasteiger partial charge in [0.2, 0.25) is 0 Å². The van der Waals surface area contributed by atoms with Crippen molar-refractivity contribution in [3.63, 3.8) is 0 Å². The van der Waals surface area contributed by atoms with Crippen LogP contribution < -0.4 is 4.90 Å². The molecule has 8 heteroatoms. The van der Waals surface area contributed by atoms with E-state index < -0.39 is 18.9 Å². The van der Waals surface area contributed by atoms with E-state index in [-0.39, 0.29) is 12.4 Å². The summed E-state index contributed by atoms with van der Waals surface area (Å²) in [6, 6.07) is 19.6. The fourth-order valence-corrected chi connectivity index (χ4v) is 4.58. The number of alkyl halides is 2. The van der Waals surface area contributed by atoms with Gasteiger partial charge in [-0.25, -0.2) is 22.9 Å². The highest BCUT2D eigenvalue weighted by molar-refractivity contribution is 6.05. The molecule has 1 aliphatic heterocycles. The Kier molecular flexibility index (Phi) is 4.95. The van der Waals surface area contributed by atoms with Crippen LogP contribution in [0.25, 0.3) is 43.8 Å². The molecule has 5 aromatic rings. The van der Waals surface area contributed by atoms with Crippen LogP contribution in [0.4, 0.5) is 19.0 Å². The molecule has 3 aromatic carbocycles. The lowest BCUT2D eigenvalue weighted by Gasteiger charge is -2.25. The van der Waals surface area contributed by atoms with Crippen LogP contribution in [0.5, 0.6) is 0 Å². The maximum Gasteiger partial charge on any atom is 0.333 e. The number of benzene rings is 3. The van der Waals surface area contributed by atoms with Crippen molar-refractivity contribution in [3.8, 4) is 11.1 Å². The molecule has 0 aliphatic carbocycles. The molecule has 0 radical (unpaired) electrons. The van der Waals surface area contributed by atoms with Crippen LogP contribution in [0.3, 0.4) is 0 Å². The Labute approximate surface area is 197 Å². The van der Waals surface area contributed by atoms with Gasteiger partial charge in [0, 0.05) is 39.4 Å². The van der Waals surface area contributed by atoms with Crippen molar-refractivity contribution in [1.29, 1.82) is 0 Å². The molecule has 2 aromatic heterocycles. The van der Waals surface area contributed by atoms with Crippen molar-refractivity contribution >= 4 is 44.5 Å². The van der Waals surface area contributed by atoms with Gasteiger partial charge in [0.25, 0.3) is 6.43 Å². The number of aromatic amines is 1. The van der Waals surface area contributed by atoms with E-state index in [4.69, 9.17) is 4.74 Å². The zero-order valence-corrected chi connectivity index (χ0v) is 18.3. The van der Waals surface area contributed by atoms with E-state index >= 15 is 0 Å². The van der Waals surface area contributed by atoms with Gasteiger partial charge in [0.15, 0.2) is 0 Å². The van der Waals surface area contributed by atoms with Crippen LogP contribution in [0.15, 0.2) is 78.5 Å². The Morgan fingerprint density at radius 3 is 2.54 bits per heavy atom. The van der Waals surface area contributed by atoms with Crippen LogP contribution in [0.1, 0.15) is 0 Å². The normalized spacial score (nSPS) is 13.7. The summed E-state index contributed by atoms with van der Waals surface area (Å²) in [5, 5.41) is 2.52. The molecule has 0 atom stereocenters. The summed E-state index contributed by atoms with van der Waals surface area (Å²) in [5.74, 6) is -0.503. The third kappa shape index (κ3) is 3.77. The largest absolute Gasteiger partial charge is 0.456 e. The average Bonchev–Trinajstić information content (AvgIpc) is 3.44. The minimum Gasteiger partial charge on any atom is -0.456 e. The minimum atomic E-state index is -2.65. The summed E-state index contributed by atoms with van der Waals surface area (Å²) < 4.78 is 46.1. The number of rotatable bonds is 5. The van der Waals surface area contributed by atoms with Crippen molar-refractivity contribution in [2.24, 2.45) is 0 Å². The van der Waals surface area contributed by atoms with Gasteiger partial charge in [-0.2, -0.15) is 0 Å². The first kappa shape index (κ1) is 21.2. The van der Waals surface area contributed by atoms with Crippen LogP contribution in [0.2, 0.25) is 0 Å². The van der Waals surface area contributed by atoms with Crippen LogP contribution in [0, 0.1) is 5.82 Å². The van der Waals surface area contributed by atoms with E-state index in [9.17, 15) is 18.0 Å². The molecule has 0 fully saturated rings. The highest BCUT2D eigenvalue weighted by Gasteiger charge is 2.28. The predicted octanol–water partition coefficient (Wildman–Crippen LogP) is 6.19. The monoisotopic (exact) mass is 473 g/mol. The molecule has 6 rings (SSSR count). The van der Waals surface area contributed by atoms with E-state index in [2.05, 4.69) is 9.97 Å². The van der Waals surface area contributed by atoms with Crippen molar-refractivity contribution < 1.29 is 22.7 Å². The molecule has 0 saturated heterocycles. The Morgan fingerprint density at radius 1 is 1.00 bits per heavy atom. The number of esters is 1. The lowest BCUT2D eigenvalue weighted by molar-refractivity contribution is -0.134. The van der Waals surface area contributed by atoms with E-state index in [0.29, 0.717) is 28.1 Å². The molecule has 35 heavy (non-hydrogen) atoms. The molecule has 174 valence electrons. The zero-order valence-electron chi connectivity index (χ0n) is 18.3. The van der Waals surface area contributed by atoms with Crippen molar-refractivity contribution in [2.45, 2.75) is 6.43 Å². The van der Waals surface area contributed by atoms with Gasteiger partial charge in [-0.05, 0) is 35.9 Å². The molecule has 0 bridgehead atoms. The highest BCUT2D eigenvalue weighted by Crippen LogP contribution is 2.40. The first-order chi connectivity index (χ1) is 17.0. The second kappa shape index (κ2) is 8.16. The summed E-state index contributed by atoms with van der Waals surface area (Å²) in [6.45, 7) is -0.699. The maximum absolute atomic E-state index is 13.8. The predicted molar refractivity (Wildman–Crippen MR) is 129 cm³/mol. The maximum atomic E-state index is 13.8. The van der Waals surface area contributed by atoms with E-state index in [1.807, 2.05) is 48.5 Å². The molecule has 0 saturated carbocycles.